The minimum atomic E-state index is 0.552. The van der Waals surface area contributed by atoms with Crippen LogP contribution >= 0.6 is 12.2 Å². The molecular weight excluding hydrogens is 396 g/mol. The average molecular weight is 427 g/mol. The highest BCUT2D eigenvalue weighted by atomic mass is 32.1. The van der Waals surface area contributed by atoms with Crippen LogP contribution in [0.15, 0.2) is 18.2 Å². The number of aryl methyl sites for hydroxylation is 2. The number of morpholine rings is 1. The van der Waals surface area contributed by atoms with Crippen molar-refractivity contribution < 1.29 is 4.74 Å². The molecule has 1 aliphatic heterocycles. The van der Waals surface area contributed by atoms with Crippen molar-refractivity contribution in [1.29, 1.82) is 5.26 Å². The van der Waals surface area contributed by atoms with Crippen molar-refractivity contribution in [2.45, 2.75) is 20.3 Å². The maximum atomic E-state index is 9.49. The summed E-state index contributed by atoms with van der Waals surface area (Å²) in [5, 5.41) is 20.8. The van der Waals surface area contributed by atoms with Crippen molar-refractivity contribution in [3.05, 3.63) is 34.9 Å². The Bertz CT molecular complexity index is 920. The van der Waals surface area contributed by atoms with Crippen LogP contribution in [0.3, 0.4) is 0 Å². The minimum Gasteiger partial charge on any atom is -0.379 e. The number of anilines is 1. The van der Waals surface area contributed by atoms with Crippen LogP contribution in [0.2, 0.25) is 0 Å². The first-order valence-electron chi connectivity index (χ1n) is 10.4. The summed E-state index contributed by atoms with van der Waals surface area (Å²) >= 11 is 5.34. The maximum Gasteiger partial charge on any atom is 0.166 e. The summed E-state index contributed by atoms with van der Waals surface area (Å²) in [6.07, 6.45) is 1.05. The van der Waals surface area contributed by atoms with Gasteiger partial charge >= 0.3 is 0 Å². The van der Waals surface area contributed by atoms with Gasteiger partial charge in [0.25, 0.3) is 0 Å². The largest absolute Gasteiger partial charge is 0.379 e. The Balaban J connectivity index is 1.41. The van der Waals surface area contributed by atoms with Gasteiger partial charge in [-0.3, -0.25) is 4.90 Å². The smallest absolute Gasteiger partial charge is 0.166 e. The number of aromatic nitrogens is 1. The van der Waals surface area contributed by atoms with Gasteiger partial charge in [-0.15, -0.1) is 0 Å². The van der Waals surface area contributed by atoms with E-state index in [2.05, 4.69) is 51.0 Å². The number of hydrogen-bond donors (Lipinski definition) is 3. The lowest BCUT2D eigenvalue weighted by Gasteiger charge is -2.26. The molecule has 3 N–H and O–H groups in total. The molecule has 0 unspecified atom stereocenters. The molecule has 0 saturated carbocycles. The Morgan fingerprint density at radius 1 is 1.17 bits per heavy atom. The molecule has 1 aliphatic rings. The van der Waals surface area contributed by atoms with E-state index in [0.717, 1.165) is 62.3 Å². The number of benzene rings is 1. The van der Waals surface area contributed by atoms with E-state index >= 15 is 0 Å². The minimum absolute atomic E-state index is 0.552. The first kappa shape index (κ1) is 22.2. The first-order valence-corrected chi connectivity index (χ1v) is 10.9. The van der Waals surface area contributed by atoms with Gasteiger partial charge in [-0.2, -0.15) is 5.26 Å². The SMILES string of the molecule is Cc1cc(C)c2nc(NCCNC(=S)NCCCN3CCOCC3)c(C#N)cc2c1. The maximum absolute atomic E-state index is 9.49. The number of nitrogens with zero attached hydrogens (tertiary/aromatic N) is 3. The molecule has 0 aliphatic carbocycles. The molecule has 1 aromatic heterocycles. The Morgan fingerprint density at radius 3 is 2.70 bits per heavy atom. The van der Waals surface area contributed by atoms with Crippen molar-refractivity contribution in [2.75, 3.05) is 57.8 Å². The molecule has 3 rings (SSSR count). The third kappa shape index (κ3) is 6.26. The summed E-state index contributed by atoms with van der Waals surface area (Å²) in [4.78, 5) is 7.10. The summed E-state index contributed by atoms with van der Waals surface area (Å²) in [6.45, 7) is 11.0. The van der Waals surface area contributed by atoms with E-state index in [0.29, 0.717) is 29.6 Å². The number of hydrogen-bond acceptors (Lipinski definition) is 6. The molecule has 0 amide bonds. The Labute approximate surface area is 183 Å². The fraction of sp³-hybridized carbons (Fsp3) is 0.500. The second-order valence-corrected chi connectivity index (χ2v) is 7.98. The monoisotopic (exact) mass is 426 g/mol. The molecule has 0 radical (unpaired) electrons. The lowest BCUT2D eigenvalue weighted by atomic mass is 10.1. The van der Waals surface area contributed by atoms with E-state index in [1.165, 1.54) is 5.56 Å². The van der Waals surface area contributed by atoms with Gasteiger partial charge in [0.15, 0.2) is 5.11 Å². The average Bonchev–Trinajstić information content (AvgIpc) is 2.74. The van der Waals surface area contributed by atoms with Gasteiger partial charge in [-0.25, -0.2) is 4.98 Å². The molecule has 0 atom stereocenters. The second kappa shape index (κ2) is 11.1. The van der Waals surface area contributed by atoms with Crippen LogP contribution in [0.4, 0.5) is 5.82 Å². The highest BCUT2D eigenvalue weighted by molar-refractivity contribution is 7.80. The van der Waals surface area contributed by atoms with Crippen LogP contribution in [0.25, 0.3) is 10.9 Å². The van der Waals surface area contributed by atoms with Crippen LogP contribution in [-0.4, -0.2) is 67.5 Å². The first-order chi connectivity index (χ1) is 14.6. The lowest BCUT2D eigenvalue weighted by molar-refractivity contribution is 0.0376. The molecule has 1 saturated heterocycles. The van der Waals surface area contributed by atoms with E-state index in [9.17, 15) is 5.26 Å². The highest BCUT2D eigenvalue weighted by Crippen LogP contribution is 2.23. The van der Waals surface area contributed by atoms with Gasteiger partial charge in [0, 0.05) is 38.1 Å². The van der Waals surface area contributed by atoms with Gasteiger partial charge in [0.1, 0.15) is 11.9 Å². The van der Waals surface area contributed by atoms with Gasteiger partial charge in [0.05, 0.1) is 24.3 Å². The summed E-state index contributed by atoms with van der Waals surface area (Å²) in [7, 11) is 0. The molecule has 30 heavy (non-hydrogen) atoms. The van der Waals surface area contributed by atoms with E-state index in [-0.39, 0.29) is 0 Å². The molecule has 7 nitrogen and oxygen atoms in total. The normalized spacial score (nSPS) is 14.3. The molecule has 2 heterocycles. The molecule has 1 aromatic carbocycles. The molecular formula is C22H30N6OS. The zero-order chi connectivity index (χ0) is 21.3. The molecule has 0 spiro atoms. The van der Waals surface area contributed by atoms with E-state index < -0.39 is 0 Å². The van der Waals surface area contributed by atoms with Crippen molar-refractivity contribution in [3.63, 3.8) is 0 Å². The predicted molar refractivity (Wildman–Crippen MR) is 125 cm³/mol. The third-order valence-corrected chi connectivity index (χ3v) is 5.41. The van der Waals surface area contributed by atoms with Crippen LogP contribution in [0.1, 0.15) is 23.1 Å². The number of nitriles is 1. The standard InChI is InChI=1S/C22H30N6OS/c1-16-12-17(2)20-18(13-16)14-19(15-23)21(27-20)24-5-6-26-22(30)25-4-3-7-28-8-10-29-11-9-28/h12-14H,3-11H2,1-2H3,(H,24,27)(H2,25,26,30). The summed E-state index contributed by atoms with van der Waals surface area (Å²) in [6, 6.07) is 8.31. The predicted octanol–water partition coefficient (Wildman–Crippen LogP) is 2.32. The number of fused-ring (bicyclic) bond motifs is 1. The summed E-state index contributed by atoms with van der Waals surface area (Å²) in [5.41, 5.74) is 3.75. The lowest BCUT2D eigenvalue weighted by Crippen LogP contribution is -2.40. The van der Waals surface area contributed by atoms with Gasteiger partial charge in [-0.1, -0.05) is 11.6 Å². The second-order valence-electron chi connectivity index (χ2n) is 7.57. The quantitative estimate of drug-likeness (QED) is 0.438. The van der Waals surface area contributed by atoms with E-state index in [1.54, 1.807) is 0 Å². The molecule has 1 fully saturated rings. The molecule has 0 bridgehead atoms. The number of thiocarbonyl (C=S) groups is 1. The molecule has 2 aromatic rings. The van der Waals surface area contributed by atoms with Crippen LogP contribution < -0.4 is 16.0 Å². The Hall–Kier alpha value is -2.47. The highest BCUT2D eigenvalue weighted by Gasteiger charge is 2.10. The Kier molecular flexibility index (Phi) is 8.20. The fourth-order valence-corrected chi connectivity index (χ4v) is 3.82. The summed E-state index contributed by atoms with van der Waals surface area (Å²) < 4.78 is 5.36. The van der Waals surface area contributed by atoms with Crippen molar-refractivity contribution in [2.24, 2.45) is 0 Å². The molecule has 8 heteroatoms. The Morgan fingerprint density at radius 2 is 1.93 bits per heavy atom. The number of nitrogens with one attached hydrogen (secondary N) is 3. The number of ether oxygens (including phenoxy) is 1. The van der Waals surface area contributed by atoms with Crippen molar-refractivity contribution >= 4 is 34.1 Å². The number of rotatable bonds is 8. The van der Waals surface area contributed by atoms with Gasteiger partial charge in [0.2, 0.25) is 0 Å². The fourth-order valence-electron chi connectivity index (χ4n) is 3.62. The third-order valence-electron chi connectivity index (χ3n) is 5.12. The van der Waals surface area contributed by atoms with Gasteiger partial charge < -0.3 is 20.7 Å². The van der Waals surface area contributed by atoms with Crippen molar-refractivity contribution in [3.8, 4) is 6.07 Å². The number of pyridine rings is 1. The molecule has 160 valence electrons. The zero-order valence-electron chi connectivity index (χ0n) is 17.8. The van der Waals surface area contributed by atoms with Crippen LogP contribution in [0.5, 0.6) is 0 Å². The van der Waals surface area contributed by atoms with Crippen molar-refractivity contribution in [1.82, 2.24) is 20.5 Å². The van der Waals surface area contributed by atoms with Gasteiger partial charge in [-0.05, 0) is 56.7 Å². The van der Waals surface area contributed by atoms with Crippen LogP contribution in [0, 0.1) is 25.2 Å². The zero-order valence-corrected chi connectivity index (χ0v) is 18.6. The van der Waals surface area contributed by atoms with Crippen LogP contribution in [-0.2, 0) is 4.74 Å². The summed E-state index contributed by atoms with van der Waals surface area (Å²) in [5.74, 6) is 0.614. The van der Waals surface area contributed by atoms with E-state index in [1.807, 2.05) is 13.0 Å². The topological polar surface area (TPSA) is 85.2 Å². The van der Waals surface area contributed by atoms with E-state index in [4.69, 9.17) is 17.0 Å².